The van der Waals surface area contributed by atoms with E-state index in [1.807, 2.05) is 54.6 Å². The van der Waals surface area contributed by atoms with E-state index in [2.05, 4.69) is 5.43 Å². The van der Waals surface area contributed by atoms with Crippen LogP contribution in [0.3, 0.4) is 0 Å². The van der Waals surface area contributed by atoms with Gasteiger partial charge in [0.2, 0.25) is 5.91 Å². The molecule has 1 N–H and O–H groups in total. The smallest absolute Gasteiger partial charge is 0.257 e. The van der Waals surface area contributed by atoms with E-state index in [0.717, 1.165) is 29.7 Å². The summed E-state index contributed by atoms with van der Waals surface area (Å²) < 4.78 is 5.25. The number of piperidine rings is 1. The highest BCUT2D eigenvalue weighted by atomic mass is 16.5. The Morgan fingerprint density at radius 1 is 1.04 bits per heavy atom. The first-order valence-electron chi connectivity index (χ1n) is 9.73. The molecule has 2 amide bonds. The molecule has 2 heterocycles. The molecule has 0 aromatic heterocycles. The third-order valence-corrected chi connectivity index (χ3v) is 5.52. The van der Waals surface area contributed by atoms with Gasteiger partial charge >= 0.3 is 0 Å². The van der Waals surface area contributed by atoms with Gasteiger partial charge in [0.15, 0.2) is 0 Å². The Morgan fingerprint density at radius 3 is 2.50 bits per heavy atom. The summed E-state index contributed by atoms with van der Waals surface area (Å²) in [4.78, 5) is 28.2. The summed E-state index contributed by atoms with van der Waals surface area (Å²) in [6.45, 7) is 1.08. The van der Waals surface area contributed by atoms with E-state index in [1.165, 1.54) is 0 Å². The highest BCUT2D eigenvalue weighted by Crippen LogP contribution is 2.31. The van der Waals surface area contributed by atoms with Crippen LogP contribution >= 0.6 is 0 Å². The normalized spacial score (nSPS) is 23.0. The number of fused-ring (bicyclic) bond motifs is 1. The van der Waals surface area contributed by atoms with Crippen molar-refractivity contribution < 1.29 is 14.3 Å². The van der Waals surface area contributed by atoms with Crippen LogP contribution in [-0.4, -0.2) is 41.4 Å². The fraction of sp³-hybridized carbons (Fsp3) is 0.364. The maximum absolute atomic E-state index is 13.5. The highest BCUT2D eigenvalue weighted by molar-refractivity contribution is 5.92. The van der Waals surface area contributed by atoms with Crippen LogP contribution in [0.1, 0.15) is 36.4 Å². The van der Waals surface area contributed by atoms with Crippen molar-refractivity contribution in [1.29, 1.82) is 0 Å². The van der Waals surface area contributed by atoms with Crippen LogP contribution in [0.25, 0.3) is 0 Å². The van der Waals surface area contributed by atoms with E-state index in [1.54, 1.807) is 17.0 Å². The number of nitrogens with one attached hydrogen (secondary N) is 1. The summed E-state index contributed by atoms with van der Waals surface area (Å²) >= 11 is 0. The summed E-state index contributed by atoms with van der Waals surface area (Å²) in [5.74, 6) is 0.614. The van der Waals surface area contributed by atoms with Gasteiger partial charge in [0.1, 0.15) is 17.8 Å². The molecule has 0 radical (unpaired) electrons. The van der Waals surface area contributed by atoms with Gasteiger partial charge in [0.25, 0.3) is 5.91 Å². The van der Waals surface area contributed by atoms with Gasteiger partial charge in [0, 0.05) is 13.1 Å². The minimum absolute atomic E-state index is 0.0239. The Morgan fingerprint density at radius 2 is 1.79 bits per heavy atom. The maximum atomic E-state index is 13.5. The number of hydrogen-bond acceptors (Lipinski definition) is 4. The lowest BCUT2D eigenvalue weighted by atomic mass is 9.99. The molecule has 2 aromatic carbocycles. The van der Waals surface area contributed by atoms with Crippen molar-refractivity contribution in [2.24, 2.45) is 0 Å². The first kappa shape index (κ1) is 18.5. The number of hydrogen-bond donors (Lipinski definition) is 1. The second kappa shape index (κ2) is 8.02. The predicted octanol–water partition coefficient (Wildman–Crippen LogP) is 2.66. The summed E-state index contributed by atoms with van der Waals surface area (Å²) in [6.07, 6.45) is 2.61. The minimum atomic E-state index is -0.571. The lowest BCUT2D eigenvalue weighted by Gasteiger charge is -2.34. The fourth-order valence-corrected chi connectivity index (χ4v) is 4.06. The zero-order valence-electron chi connectivity index (χ0n) is 16.0. The molecule has 6 nitrogen and oxygen atoms in total. The maximum Gasteiger partial charge on any atom is 0.257 e. The second-order valence-corrected chi connectivity index (χ2v) is 7.31. The van der Waals surface area contributed by atoms with Gasteiger partial charge in [0.05, 0.1) is 7.11 Å². The number of methoxy groups -OCH3 is 1. The first-order valence-corrected chi connectivity index (χ1v) is 9.73. The van der Waals surface area contributed by atoms with Crippen LogP contribution in [0.15, 0.2) is 54.6 Å². The van der Waals surface area contributed by atoms with E-state index in [4.69, 9.17) is 4.74 Å². The van der Waals surface area contributed by atoms with Gasteiger partial charge in [-0.15, -0.1) is 0 Å². The van der Waals surface area contributed by atoms with E-state index in [0.29, 0.717) is 19.5 Å². The van der Waals surface area contributed by atoms with Crippen molar-refractivity contribution in [3.63, 3.8) is 0 Å². The van der Waals surface area contributed by atoms with Gasteiger partial charge in [-0.2, -0.15) is 5.01 Å². The van der Waals surface area contributed by atoms with E-state index >= 15 is 0 Å². The lowest BCUT2D eigenvalue weighted by molar-refractivity contribution is -0.141. The monoisotopic (exact) mass is 379 g/mol. The third kappa shape index (κ3) is 3.60. The molecule has 2 aliphatic heterocycles. The quantitative estimate of drug-likeness (QED) is 0.887. The molecule has 2 unspecified atom stereocenters. The fourth-order valence-electron chi connectivity index (χ4n) is 4.06. The van der Waals surface area contributed by atoms with Crippen molar-refractivity contribution in [1.82, 2.24) is 15.3 Å². The number of hydrazine groups is 1. The SMILES string of the molecule is COc1ccc(C2C(=O)N3CCCCC3C(=O)NN2Cc2ccccc2)cc1. The molecule has 146 valence electrons. The summed E-state index contributed by atoms with van der Waals surface area (Å²) in [7, 11) is 1.62. The molecule has 0 saturated carbocycles. The molecule has 2 aliphatic rings. The van der Waals surface area contributed by atoms with Crippen LogP contribution in [0.5, 0.6) is 5.75 Å². The van der Waals surface area contributed by atoms with E-state index in [-0.39, 0.29) is 17.9 Å². The summed E-state index contributed by atoms with van der Waals surface area (Å²) in [6, 6.07) is 16.4. The van der Waals surface area contributed by atoms with E-state index < -0.39 is 6.04 Å². The summed E-state index contributed by atoms with van der Waals surface area (Å²) in [5.41, 5.74) is 4.91. The molecule has 2 aromatic rings. The van der Waals surface area contributed by atoms with Crippen molar-refractivity contribution >= 4 is 11.8 Å². The lowest BCUT2D eigenvalue weighted by Crippen LogP contribution is -2.49. The van der Waals surface area contributed by atoms with Crippen LogP contribution in [0.4, 0.5) is 0 Å². The van der Waals surface area contributed by atoms with Crippen LogP contribution < -0.4 is 10.2 Å². The number of rotatable bonds is 4. The predicted molar refractivity (Wildman–Crippen MR) is 105 cm³/mol. The Hall–Kier alpha value is -2.86. The molecule has 0 spiro atoms. The molecule has 0 bridgehead atoms. The molecule has 4 rings (SSSR count). The Kier molecular flexibility index (Phi) is 5.30. The number of amides is 2. The van der Waals surface area contributed by atoms with Gasteiger partial charge in [-0.25, -0.2) is 0 Å². The van der Waals surface area contributed by atoms with E-state index in [9.17, 15) is 9.59 Å². The first-order chi connectivity index (χ1) is 13.7. The Balaban J connectivity index is 1.72. The molecule has 0 aliphatic carbocycles. The topological polar surface area (TPSA) is 61.9 Å². The van der Waals surface area contributed by atoms with Crippen molar-refractivity contribution in [2.75, 3.05) is 13.7 Å². The Labute approximate surface area is 165 Å². The molecular formula is C22H25N3O3. The van der Waals surface area contributed by atoms with Crippen LogP contribution in [0, 0.1) is 0 Å². The molecule has 2 fully saturated rings. The zero-order valence-corrected chi connectivity index (χ0v) is 16.0. The van der Waals surface area contributed by atoms with Gasteiger partial charge in [-0.1, -0.05) is 42.5 Å². The molecular weight excluding hydrogens is 354 g/mol. The third-order valence-electron chi connectivity index (χ3n) is 5.52. The number of nitrogens with zero attached hydrogens (tertiary/aromatic N) is 2. The number of ether oxygens (including phenoxy) is 1. The standard InChI is InChI=1S/C22H25N3O3/c1-28-18-12-10-17(11-13-18)20-22(27)24-14-6-5-9-19(24)21(26)23-25(20)15-16-7-3-2-4-8-16/h2-4,7-8,10-13,19-20H,5-6,9,14-15H2,1H3,(H,23,26). The van der Waals surface area contributed by atoms with Gasteiger partial charge in [-0.3, -0.25) is 15.0 Å². The van der Waals surface area contributed by atoms with Gasteiger partial charge in [-0.05, 0) is 42.5 Å². The van der Waals surface area contributed by atoms with Crippen molar-refractivity contribution in [3.05, 3.63) is 65.7 Å². The average Bonchev–Trinajstić information content (AvgIpc) is 2.84. The Bertz CT molecular complexity index is 838. The summed E-state index contributed by atoms with van der Waals surface area (Å²) in [5, 5.41) is 1.78. The van der Waals surface area contributed by atoms with Crippen LogP contribution in [-0.2, 0) is 16.1 Å². The highest BCUT2D eigenvalue weighted by Gasteiger charge is 2.43. The zero-order chi connectivity index (χ0) is 19.5. The molecule has 2 atom stereocenters. The molecule has 28 heavy (non-hydrogen) atoms. The van der Waals surface area contributed by atoms with Gasteiger partial charge < -0.3 is 9.64 Å². The second-order valence-electron chi connectivity index (χ2n) is 7.31. The van der Waals surface area contributed by atoms with Crippen molar-refractivity contribution in [3.8, 4) is 5.75 Å². The molecule has 2 saturated heterocycles. The minimum Gasteiger partial charge on any atom is -0.497 e. The van der Waals surface area contributed by atoms with Crippen molar-refractivity contribution in [2.45, 2.75) is 37.9 Å². The number of carbonyl (C=O) groups is 2. The number of benzene rings is 2. The number of carbonyl (C=O) groups excluding carboxylic acids is 2. The molecule has 6 heteroatoms. The largest absolute Gasteiger partial charge is 0.497 e. The average molecular weight is 379 g/mol. The van der Waals surface area contributed by atoms with Crippen LogP contribution in [0.2, 0.25) is 0 Å².